The van der Waals surface area contributed by atoms with Gasteiger partial charge in [0.15, 0.2) is 0 Å². The number of primary amides is 1. The maximum absolute atomic E-state index is 10.7. The van der Waals surface area contributed by atoms with Crippen molar-refractivity contribution < 1.29 is 4.79 Å². The maximum atomic E-state index is 10.7. The fraction of sp³-hybridized carbons (Fsp3) is 0.900. The number of amides is 1. The Kier molecular flexibility index (Phi) is 5.71. The van der Waals surface area contributed by atoms with Crippen LogP contribution in [-0.2, 0) is 4.79 Å². The van der Waals surface area contributed by atoms with Crippen molar-refractivity contribution in [2.24, 2.45) is 11.7 Å². The second-order valence-corrected chi connectivity index (χ2v) is 4.21. The van der Waals surface area contributed by atoms with E-state index in [1.54, 1.807) is 0 Å². The summed E-state index contributed by atoms with van der Waals surface area (Å²) >= 11 is 0. The lowest BCUT2D eigenvalue weighted by molar-refractivity contribution is -0.119. The molecule has 0 aliphatic carbocycles. The van der Waals surface area contributed by atoms with Crippen molar-refractivity contribution in [3.63, 3.8) is 0 Å². The van der Waals surface area contributed by atoms with Crippen LogP contribution in [0.15, 0.2) is 0 Å². The lowest BCUT2D eigenvalue weighted by Crippen LogP contribution is -2.39. The zero-order valence-electron chi connectivity index (χ0n) is 9.21. The quantitative estimate of drug-likeness (QED) is 0.678. The largest absolute Gasteiger partial charge is 0.369 e. The Bertz CT molecular complexity index is 155. The molecule has 0 aliphatic heterocycles. The number of hydrogen-bond acceptors (Lipinski definition) is 2. The summed E-state index contributed by atoms with van der Waals surface area (Å²) in [7, 11) is 0. The van der Waals surface area contributed by atoms with Crippen molar-refractivity contribution in [3.8, 4) is 0 Å². The van der Waals surface area contributed by atoms with Crippen molar-refractivity contribution in [2.75, 3.05) is 13.1 Å². The fourth-order valence-corrected chi connectivity index (χ4v) is 1.14. The second kappa shape index (κ2) is 5.97. The molecule has 78 valence electrons. The van der Waals surface area contributed by atoms with Crippen LogP contribution in [0.2, 0.25) is 0 Å². The number of carbonyl (C=O) groups excluding carboxylic acids is 1. The molecule has 0 radical (unpaired) electrons. The van der Waals surface area contributed by atoms with Gasteiger partial charge in [-0.3, -0.25) is 9.69 Å². The Morgan fingerprint density at radius 2 is 1.85 bits per heavy atom. The molecule has 1 amide bonds. The SMILES string of the molecule is CC(C)CCN(CC(N)=O)C(C)C. The van der Waals surface area contributed by atoms with E-state index in [4.69, 9.17) is 5.73 Å². The van der Waals surface area contributed by atoms with Crippen molar-refractivity contribution in [3.05, 3.63) is 0 Å². The molecule has 2 N–H and O–H groups in total. The van der Waals surface area contributed by atoms with Crippen LogP contribution >= 0.6 is 0 Å². The predicted molar refractivity (Wildman–Crippen MR) is 55.4 cm³/mol. The second-order valence-electron chi connectivity index (χ2n) is 4.21. The van der Waals surface area contributed by atoms with E-state index in [2.05, 4.69) is 32.6 Å². The normalized spacial score (nSPS) is 11.6. The molecule has 0 aromatic rings. The van der Waals surface area contributed by atoms with Crippen LogP contribution in [0.25, 0.3) is 0 Å². The van der Waals surface area contributed by atoms with Gasteiger partial charge in [0.2, 0.25) is 5.91 Å². The number of nitrogens with two attached hydrogens (primary N) is 1. The lowest BCUT2D eigenvalue weighted by atomic mass is 10.1. The standard InChI is InChI=1S/C10H22N2O/c1-8(2)5-6-12(9(3)4)7-10(11)13/h8-9H,5-7H2,1-4H3,(H2,11,13). The molecule has 0 bridgehead atoms. The molecule has 0 aliphatic rings. The smallest absolute Gasteiger partial charge is 0.231 e. The molecule has 13 heavy (non-hydrogen) atoms. The van der Waals surface area contributed by atoms with E-state index in [-0.39, 0.29) is 5.91 Å². The third-order valence-corrected chi connectivity index (χ3v) is 2.08. The summed E-state index contributed by atoms with van der Waals surface area (Å²) in [5.41, 5.74) is 5.16. The van der Waals surface area contributed by atoms with Gasteiger partial charge in [0, 0.05) is 6.04 Å². The van der Waals surface area contributed by atoms with Crippen LogP contribution in [0.4, 0.5) is 0 Å². The molecule has 0 aromatic heterocycles. The lowest BCUT2D eigenvalue weighted by Gasteiger charge is -2.25. The predicted octanol–water partition coefficient (Wildman–Crippen LogP) is 1.23. The van der Waals surface area contributed by atoms with Crippen LogP contribution in [0.1, 0.15) is 34.1 Å². The van der Waals surface area contributed by atoms with Gasteiger partial charge in [0.05, 0.1) is 6.54 Å². The zero-order chi connectivity index (χ0) is 10.4. The monoisotopic (exact) mass is 186 g/mol. The molecule has 0 saturated carbocycles. The maximum Gasteiger partial charge on any atom is 0.231 e. The first kappa shape index (κ1) is 12.4. The molecule has 0 aromatic carbocycles. The van der Waals surface area contributed by atoms with Gasteiger partial charge in [0.1, 0.15) is 0 Å². The van der Waals surface area contributed by atoms with Crippen LogP contribution < -0.4 is 5.73 Å². The minimum Gasteiger partial charge on any atom is -0.369 e. The van der Waals surface area contributed by atoms with Crippen LogP contribution in [-0.4, -0.2) is 29.9 Å². The minimum atomic E-state index is -0.238. The summed E-state index contributed by atoms with van der Waals surface area (Å²) in [6, 6.07) is 0.395. The summed E-state index contributed by atoms with van der Waals surface area (Å²) < 4.78 is 0. The highest BCUT2D eigenvalue weighted by molar-refractivity contribution is 5.75. The van der Waals surface area contributed by atoms with E-state index in [0.29, 0.717) is 18.5 Å². The first-order valence-electron chi connectivity index (χ1n) is 4.95. The van der Waals surface area contributed by atoms with Gasteiger partial charge in [-0.15, -0.1) is 0 Å². The average molecular weight is 186 g/mol. The summed E-state index contributed by atoms with van der Waals surface area (Å²) in [6.45, 7) is 9.88. The van der Waals surface area contributed by atoms with Gasteiger partial charge in [-0.1, -0.05) is 13.8 Å². The molecular weight excluding hydrogens is 164 g/mol. The van der Waals surface area contributed by atoms with Gasteiger partial charge in [-0.2, -0.15) is 0 Å². The molecule has 0 heterocycles. The Labute approximate surface area is 81.3 Å². The highest BCUT2D eigenvalue weighted by Gasteiger charge is 2.11. The Hall–Kier alpha value is -0.570. The molecule has 0 spiro atoms. The first-order valence-corrected chi connectivity index (χ1v) is 4.95. The number of hydrogen-bond donors (Lipinski definition) is 1. The molecular formula is C10H22N2O. The fourth-order valence-electron chi connectivity index (χ4n) is 1.14. The molecule has 0 saturated heterocycles. The number of nitrogens with zero attached hydrogens (tertiary/aromatic N) is 1. The zero-order valence-corrected chi connectivity index (χ0v) is 9.21. The van der Waals surface area contributed by atoms with E-state index in [1.807, 2.05) is 0 Å². The van der Waals surface area contributed by atoms with Crippen LogP contribution in [0.5, 0.6) is 0 Å². The summed E-state index contributed by atoms with van der Waals surface area (Å²) in [6.07, 6.45) is 1.12. The topological polar surface area (TPSA) is 46.3 Å². The first-order chi connectivity index (χ1) is 5.93. The van der Waals surface area contributed by atoms with E-state index in [0.717, 1.165) is 13.0 Å². The van der Waals surface area contributed by atoms with Gasteiger partial charge >= 0.3 is 0 Å². The van der Waals surface area contributed by atoms with E-state index < -0.39 is 0 Å². The number of carbonyl (C=O) groups is 1. The Balaban J connectivity index is 3.88. The highest BCUT2D eigenvalue weighted by atomic mass is 16.1. The molecule has 3 heteroatoms. The van der Waals surface area contributed by atoms with Gasteiger partial charge in [0.25, 0.3) is 0 Å². The molecule has 0 rings (SSSR count). The van der Waals surface area contributed by atoms with Crippen LogP contribution in [0.3, 0.4) is 0 Å². The third-order valence-electron chi connectivity index (χ3n) is 2.08. The van der Waals surface area contributed by atoms with Gasteiger partial charge < -0.3 is 5.73 Å². The van der Waals surface area contributed by atoms with Crippen molar-refractivity contribution in [1.82, 2.24) is 4.90 Å². The molecule has 3 nitrogen and oxygen atoms in total. The Morgan fingerprint density at radius 3 is 2.15 bits per heavy atom. The molecule has 0 unspecified atom stereocenters. The highest BCUT2D eigenvalue weighted by Crippen LogP contribution is 2.04. The third kappa shape index (κ3) is 6.58. The Morgan fingerprint density at radius 1 is 1.31 bits per heavy atom. The van der Waals surface area contributed by atoms with Gasteiger partial charge in [-0.25, -0.2) is 0 Å². The van der Waals surface area contributed by atoms with Crippen molar-refractivity contribution in [2.45, 2.75) is 40.2 Å². The average Bonchev–Trinajstić information content (AvgIpc) is 1.96. The van der Waals surface area contributed by atoms with Gasteiger partial charge in [-0.05, 0) is 32.7 Å². The molecule has 0 fully saturated rings. The summed E-state index contributed by atoms with van der Waals surface area (Å²) in [4.78, 5) is 12.9. The van der Waals surface area contributed by atoms with E-state index in [9.17, 15) is 4.79 Å². The van der Waals surface area contributed by atoms with Crippen LogP contribution in [0, 0.1) is 5.92 Å². The summed E-state index contributed by atoms with van der Waals surface area (Å²) in [5, 5.41) is 0. The van der Waals surface area contributed by atoms with Crippen molar-refractivity contribution in [1.29, 1.82) is 0 Å². The van der Waals surface area contributed by atoms with E-state index in [1.165, 1.54) is 0 Å². The van der Waals surface area contributed by atoms with Crippen molar-refractivity contribution >= 4 is 5.91 Å². The summed E-state index contributed by atoms with van der Waals surface area (Å²) in [5.74, 6) is 0.437. The van der Waals surface area contributed by atoms with E-state index >= 15 is 0 Å². The minimum absolute atomic E-state index is 0.238. The number of rotatable bonds is 6. The molecule has 0 atom stereocenters.